The number of hydrogen-bond donors (Lipinski definition) is 2. The van der Waals surface area contributed by atoms with Gasteiger partial charge in [0.15, 0.2) is 5.96 Å². The monoisotopic (exact) mass is 522 g/mol. The lowest BCUT2D eigenvalue weighted by Crippen LogP contribution is -2.52. The van der Waals surface area contributed by atoms with Gasteiger partial charge in [-0.05, 0) is 37.0 Å². The van der Waals surface area contributed by atoms with Crippen molar-refractivity contribution in [2.75, 3.05) is 44.7 Å². The van der Waals surface area contributed by atoms with Crippen LogP contribution >= 0.6 is 24.0 Å². The van der Waals surface area contributed by atoms with Crippen molar-refractivity contribution in [1.29, 1.82) is 0 Å². The van der Waals surface area contributed by atoms with Crippen LogP contribution in [0.1, 0.15) is 18.4 Å². The van der Waals surface area contributed by atoms with Crippen molar-refractivity contribution >= 4 is 35.6 Å². The Morgan fingerprint density at radius 1 is 1.07 bits per heavy atom. The largest absolute Gasteiger partial charge is 0.506 e. The first-order valence-corrected chi connectivity index (χ1v) is 10.4. The van der Waals surface area contributed by atoms with Crippen LogP contribution in [0.4, 0.5) is 5.69 Å². The minimum absolute atomic E-state index is 0. The van der Waals surface area contributed by atoms with Crippen molar-refractivity contribution < 1.29 is 9.84 Å². The highest BCUT2D eigenvalue weighted by atomic mass is 127. The SMILES string of the molecule is CN=C(NCc1ccccc1OCC1CC1)N1CCN(c2ccccc2O)CC1.I. The van der Waals surface area contributed by atoms with Crippen molar-refractivity contribution in [3.63, 3.8) is 0 Å². The maximum absolute atomic E-state index is 10.1. The molecule has 1 saturated carbocycles. The number of halogens is 1. The molecule has 2 aromatic rings. The molecule has 0 aromatic heterocycles. The third-order valence-corrected chi connectivity index (χ3v) is 5.59. The summed E-state index contributed by atoms with van der Waals surface area (Å²) in [5.41, 5.74) is 2.05. The molecule has 6 nitrogen and oxygen atoms in total. The van der Waals surface area contributed by atoms with Gasteiger partial charge in [-0.1, -0.05) is 30.3 Å². The molecule has 30 heavy (non-hydrogen) atoms. The maximum atomic E-state index is 10.1. The summed E-state index contributed by atoms with van der Waals surface area (Å²) < 4.78 is 6.02. The fraction of sp³-hybridized carbons (Fsp3) is 0.435. The Morgan fingerprint density at radius 3 is 2.47 bits per heavy atom. The average Bonchev–Trinajstić information content (AvgIpc) is 3.59. The van der Waals surface area contributed by atoms with Gasteiger partial charge in [0.1, 0.15) is 11.5 Å². The molecule has 0 spiro atoms. The molecule has 2 fully saturated rings. The molecule has 1 heterocycles. The minimum atomic E-state index is 0. The highest BCUT2D eigenvalue weighted by Gasteiger charge is 2.23. The standard InChI is InChI=1S/C23H30N4O2.HI/c1-24-23(25-16-19-6-2-5-9-22(19)29-17-18-10-11-18)27-14-12-26(13-15-27)20-7-3-4-8-21(20)28;/h2-9,18,28H,10-17H2,1H3,(H,24,25);1H. The fourth-order valence-corrected chi connectivity index (χ4v) is 3.68. The Morgan fingerprint density at radius 2 is 1.77 bits per heavy atom. The number of rotatable bonds is 6. The highest BCUT2D eigenvalue weighted by Crippen LogP contribution is 2.30. The first-order valence-electron chi connectivity index (χ1n) is 10.4. The first kappa shape index (κ1) is 22.5. The Balaban J connectivity index is 0.00000256. The van der Waals surface area contributed by atoms with E-state index in [4.69, 9.17) is 4.74 Å². The predicted molar refractivity (Wildman–Crippen MR) is 132 cm³/mol. The molecule has 0 amide bonds. The van der Waals surface area contributed by atoms with E-state index in [0.717, 1.165) is 61.7 Å². The molecule has 7 heteroatoms. The average molecular weight is 522 g/mol. The van der Waals surface area contributed by atoms with Gasteiger partial charge in [-0.2, -0.15) is 0 Å². The quantitative estimate of drug-likeness (QED) is 0.345. The number of ether oxygens (including phenoxy) is 1. The van der Waals surface area contributed by atoms with Crippen LogP contribution in [0.2, 0.25) is 0 Å². The molecule has 0 radical (unpaired) electrons. The lowest BCUT2D eigenvalue weighted by Gasteiger charge is -2.37. The zero-order valence-corrected chi connectivity index (χ0v) is 19.8. The summed E-state index contributed by atoms with van der Waals surface area (Å²) in [5.74, 6) is 2.95. The van der Waals surface area contributed by atoms with Crippen molar-refractivity contribution in [3.05, 3.63) is 54.1 Å². The first-order chi connectivity index (χ1) is 14.2. The zero-order chi connectivity index (χ0) is 20.1. The van der Waals surface area contributed by atoms with Gasteiger partial charge in [0.05, 0.1) is 12.3 Å². The van der Waals surface area contributed by atoms with Gasteiger partial charge in [-0.3, -0.25) is 4.99 Å². The van der Waals surface area contributed by atoms with E-state index < -0.39 is 0 Å². The molecule has 1 aliphatic carbocycles. The van der Waals surface area contributed by atoms with Crippen LogP contribution in [0.3, 0.4) is 0 Å². The van der Waals surface area contributed by atoms with Gasteiger partial charge >= 0.3 is 0 Å². The lowest BCUT2D eigenvalue weighted by molar-refractivity contribution is 0.296. The second-order valence-corrected chi connectivity index (χ2v) is 7.73. The third kappa shape index (κ3) is 5.71. The Bertz CT molecular complexity index is 849. The number of aliphatic imine (C=N–C) groups is 1. The van der Waals surface area contributed by atoms with Crippen LogP contribution in [0, 0.1) is 5.92 Å². The lowest BCUT2D eigenvalue weighted by atomic mass is 10.2. The molecule has 2 N–H and O–H groups in total. The second-order valence-electron chi connectivity index (χ2n) is 7.73. The molecule has 4 rings (SSSR count). The number of piperazine rings is 1. The van der Waals surface area contributed by atoms with E-state index in [1.807, 2.05) is 37.4 Å². The van der Waals surface area contributed by atoms with E-state index >= 15 is 0 Å². The summed E-state index contributed by atoms with van der Waals surface area (Å²) in [6, 6.07) is 15.8. The number of aromatic hydroxyl groups is 1. The molecular weight excluding hydrogens is 491 g/mol. The van der Waals surface area contributed by atoms with Gasteiger partial charge in [0, 0.05) is 45.3 Å². The summed E-state index contributed by atoms with van der Waals surface area (Å²) in [5, 5.41) is 13.6. The Hall–Kier alpha value is -2.16. The van der Waals surface area contributed by atoms with E-state index in [9.17, 15) is 5.11 Å². The number of nitrogens with one attached hydrogen (secondary N) is 1. The van der Waals surface area contributed by atoms with Crippen LogP contribution < -0.4 is 15.0 Å². The normalized spacial score (nSPS) is 16.8. The number of nitrogens with zero attached hydrogens (tertiary/aromatic N) is 3. The molecular formula is C23H31IN4O2. The van der Waals surface area contributed by atoms with Crippen LogP contribution in [0.5, 0.6) is 11.5 Å². The van der Waals surface area contributed by atoms with Gasteiger partial charge in [-0.25, -0.2) is 0 Å². The van der Waals surface area contributed by atoms with Crippen LogP contribution in [-0.2, 0) is 6.54 Å². The van der Waals surface area contributed by atoms with Crippen molar-refractivity contribution in [1.82, 2.24) is 10.2 Å². The van der Waals surface area contributed by atoms with E-state index in [1.165, 1.54) is 12.8 Å². The number of phenols is 1. The molecule has 162 valence electrons. The van der Waals surface area contributed by atoms with Gasteiger partial charge in [0.25, 0.3) is 0 Å². The third-order valence-electron chi connectivity index (χ3n) is 5.59. The molecule has 1 aliphatic heterocycles. The summed E-state index contributed by atoms with van der Waals surface area (Å²) in [6.45, 7) is 4.91. The number of anilines is 1. The number of benzene rings is 2. The second kappa shape index (κ2) is 10.7. The summed E-state index contributed by atoms with van der Waals surface area (Å²) >= 11 is 0. The number of hydrogen-bond acceptors (Lipinski definition) is 4. The maximum Gasteiger partial charge on any atom is 0.194 e. The van der Waals surface area contributed by atoms with E-state index in [-0.39, 0.29) is 24.0 Å². The Kier molecular flexibility index (Phi) is 8.07. The number of guanidine groups is 1. The van der Waals surface area contributed by atoms with Crippen LogP contribution in [0.25, 0.3) is 0 Å². The van der Waals surface area contributed by atoms with E-state index in [2.05, 4.69) is 32.2 Å². The number of phenolic OH excluding ortho intramolecular Hbond substituents is 1. The zero-order valence-electron chi connectivity index (χ0n) is 17.5. The summed E-state index contributed by atoms with van der Waals surface area (Å²) in [6.07, 6.45) is 2.58. The van der Waals surface area contributed by atoms with Gasteiger partial charge in [-0.15, -0.1) is 24.0 Å². The van der Waals surface area contributed by atoms with Gasteiger partial charge < -0.3 is 25.0 Å². The predicted octanol–water partition coefficient (Wildman–Crippen LogP) is 3.70. The van der Waals surface area contributed by atoms with Crippen LogP contribution in [0.15, 0.2) is 53.5 Å². The van der Waals surface area contributed by atoms with Crippen molar-refractivity contribution in [3.8, 4) is 11.5 Å². The van der Waals surface area contributed by atoms with Crippen LogP contribution in [-0.4, -0.2) is 55.8 Å². The smallest absolute Gasteiger partial charge is 0.194 e. The van der Waals surface area contributed by atoms with E-state index in [0.29, 0.717) is 12.3 Å². The summed E-state index contributed by atoms with van der Waals surface area (Å²) in [4.78, 5) is 8.97. The molecule has 0 atom stereocenters. The Labute approximate surface area is 196 Å². The van der Waals surface area contributed by atoms with Crippen molar-refractivity contribution in [2.24, 2.45) is 10.9 Å². The summed E-state index contributed by atoms with van der Waals surface area (Å²) in [7, 11) is 1.83. The topological polar surface area (TPSA) is 60.3 Å². The number of para-hydroxylation sites is 3. The highest BCUT2D eigenvalue weighted by molar-refractivity contribution is 14.0. The molecule has 2 aromatic carbocycles. The van der Waals surface area contributed by atoms with Crippen molar-refractivity contribution in [2.45, 2.75) is 19.4 Å². The molecule has 0 unspecified atom stereocenters. The van der Waals surface area contributed by atoms with E-state index in [1.54, 1.807) is 6.07 Å². The molecule has 0 bridgehead atoms. The fourth-order valence-electron chi connectivity index (χ4n) is 3.68. The molecule has 1 saturated heterocycles. The minimum Gasteiger partial charge on any atom is -0.506 e. The molecule has 2 aliphatic rings. The van der Waals surface area contributed by atoms with Gasteiger partial charge in [0.2, 0.25) is 0 Å².